The van der Waals surface area contributed by atoms with Gasteiger partial charge >= 0.3 is 0 Å². The van der Waals surface area contributed by atoms with Crippen LogP contribution in [0, 0.1) is 0 Å². The van der Waals surface area contributed by atoms with Crippen molar-refractivity contribution in [3.63, 3.8) is 0 Å². The smallest absolute Gasteiger partial charge is 0.189 e. The van der Waals surface area contributed by atoms with Gasteiger partial charge < -0.3 is 16.0 Å². The van der Waals surface area contributed by atoms with Crippen molar-refractivity contribution < 1.29 is 0 Å². The number of rotatable bonds is 4. The van der Waals surface area contributed by atoms with Crippen molar-refractivity contribution in [2.45, 2.75) is 19.1 Å². The average molecular weight is 242 g/mol. The van der Waals surface area contributed by atoms with E-state index in [0.717, 1.165) is 26.2 Å². The number of hydrogen-bond donors (Lipinski definition) is 3. The van der Waals surface area contributed by atoms with Gasteiger partial charge in [0.1, 0.15) is 0 Å². The minimum Gasteiger partial charge on any atom is -0.370 e. The topological polar surface area (TPSA) is 68.9 Å². The van der Waals surface area contributed by atoms with Gasteiger partial charge in [-0.1, -0.05) is 0 Å². The predicted molar refractivity (Wildman–Crippen MR) is 72.1 cm³/mol. The Morgan fingerprint density at radius 1 is 1.29 bits per heavy atom. The molecule has 1 heterocycles. The van der Waals surface area contributed by atoms with Crippen molar-refractivity contribution in [1.29, 1.82) is 0 Å². The van der Waals surface area contributed by atoms with Crippen molar-refractivity contribution in [2.75, 3.05) is 47.3 Å². The van der Waals surface area contributed by atoms with Gasteiger partial charge in [0.15, 0.2) is 5.96 Å². The van der Waals surface area contributed by atoms with Crippen LogP contribution in [0.5, 0.6) is 0 Å². The summed E-state index contributed by atoms with van der Waals surface area (Å²) in [5.74, 6) is 0.477. The maximum atomic E-state index is 5.71. The van der Waals surface area contributed by atoms with E-state index in [4.69, 9.17) is 5.73 Å². The number of hydrogen-bond acceptors (Lipinski definition) is 4. The Hall–Kier alpha value is -0.850. The number of likely N-dealkylation sites (N-methyl/N-ethyl adjacent to an activating group) is 2. The van der Waals surface area contributed by atoms with E-state index in [1.54, 1.807) is 7.05 Å². The molecule has 0 aromatic heterocycles. The summed E-state index contributed by atoms with van der Waals surface area (Å²) in [5.41, 5.74) is 5.71. The highest BCUT2D eigenvalue weighted by Gasteiger charge is 2.25. The molecular weight excluding hydrogens is 216 g/mol. The number of aliphatic imine (C=N–C) groups is 1. The number of guanidine groups is 1. The first-order valence-corrected chi connectivity index (χ1v) is 6.17. The molecule has 0 saturated carbocycles. The van der Waals surface area contributed by atoms with Crippen LogP contribution in [-0.4, -0.2) is 75.3 Å². The molecule has 1 unspecified atom stereocenters. The molecule has 0 aromatic carbocycles. The highest BCUT2D eigenvalue weighted by Crippen LogP contribution is 2.07. The summed E-state index contributed by atoms with van der Waals surface area (Å²) >= 11 is 0. The van der Waals surface area contributed by atoms with Crippen LogP contribution in [0.15, 0.2) is 4.99 Å². The number of nitrogens with two attached hydrogens (primary N) is 1. The Labute approximate surface area is 104 Å². The molecule has 0 aliphatic carbocycles. The quantitative estimate of drug-likeness (QED) is 0.325. The van der Waals surface area contributed by atoms with Gasteiger partial charge in [0, 0.05) is 39.3 Å². The Kier molecular flexibility index (Phi) is 5.67. The zero-order valence-electron chi connectivity index (χ0n) is 11.4. The molecule has 1 saturated heterocycles. The van der Waals surface area contributed by atoms with Crippen LogP contribution in [0.4, 0.5) is 0 Å². The highest BCUT2D eigenvalue weighted by atomic mass is 15.3. The van der Waals surface area contributed by atoms with Gasteiger partial charge in [0.25, 0.3) is 0 Å². The van der Waals surface area contributed by atoms with Crippen LogP contribution in [0.2, 0.25) is 0 Å². The Morgan fingerprint density at radius 2 is 1.88 bits per heavy atom. The summed E-state index contributed by atoms with van der Waals surface area (Å²) in [7, 11) is 5.79. The third-order valence-corrected chi connectivity index (χ3v) is 3.45. The zero-order chi connectivity index (χ0) is 12.8. The summed E-state index contributed by atoms with van der Waals surface area (Å²) < 4.78 is 0. The minimum atomic E-state index is 0.127. The molecule has 0 radical (unpaired) electrons. The van der Waals surface area contributed by atoms with Crippen LogP contribution >= 0.6 is 0 Å². The second-order valence-electron chi connectivity index (χ2n) is 4.60. The van der Waals surface area contributed by atoms with Gasteiger partial charge in [-0.2, -0.15) is 0 Å². The lowest BCUT2D eigenvalue weighted by Gasteiger charge is -2.39. The zero-order valence-corrected chi connectivity index (χ0v) is 11.4. The fraction of sp³-hybridized carbons (Fsp3) is 0.909. The molecule has 1 aliphatic rings. The van der Waals surface area contributed by atoms with Gasteiger partial charge in [0.2, 0.25) is 0 Å². The second-order valence-corrected chi connectivity index (χ2v) is 4.60. The molecule has 0 bridgehead atoms. The van der Waals surface area contributed by atoms with Gasteiger partial charge in [-0.15, -0.1) is 0 Å². The van der Waals surface area contributed by atoms with E-state index in [1.807, 2.05) is 7.05 Å². The molecule has 100 valence electrons. The van der Waals surface area contributed by atoms with Crippen molar-refractivity contribution in [3.05, 3.63) is 0 Å². The third kappa shape index (κ3) is 4.14. The summed E-state index contributed by atoms with van der Waals surface area (Å²) in [6.07, 6.45) is 0.127. The van der Waals surface area contributed by atoms with E-state index >= 15 is 0 Å². The lowest BCUT2D eigenvalue weighted by atomic mass is 10.2. The predicted octanol–water partition coefficient (Wildman–Crippen LogP) is -1.30. The average Bonchev–Trinajstić information content (AvgIpc) is 2.35. The normalized spacial score (nSPS) is 23.4. The van der Waals surface area contributed by atoms with E-state index < -0.39 is 0 Å². The van der Waals surface area contributed by atoms with E-state index in [2.05, 4.69) is 39.4 Å². The largest absolute Gasteiger partial charge is 0.370 e. The van der Waals surface area contributed by atoms with Gasteiger partial charge in [-0.3, -0.25) is 15.2 Å². The van der Waals surface area contributed by atoms with Crippen LogP contribution in [0.25, 0.3) is 0 Å². The fourth-order valence-corrected chi connectivity index (χ4v) is 2.10. The molecule has 6 heteroatoms. The van der Waals surface area contributed by atoms with Crippen LogP contribution in [0.1, 0.15) is 6.92 Å². The third-order valence-electron chi connectivity index (χ3n) is 3.45. The molecule has 1 fully saturated rings. The maximum absolute atomic E-state index is 5.71. The SMILES string of the molecule is CN=C(N)NC(NC)[C@H](C)N1CCN(C)CC1. The first-order chi connectivity index (χ1) is 8.08. The van der Waals surface area contributed by atoms with Crippen LogP contribution < -0.4 is 16.4 Å². The highest BCUT2D eigenvalue weighted by molar-refractivity contribution is 5.77. The van der Waals surface area contributed by atoms with E-state index in [9.17, 15) is 0 Å². The van der Waals surface area contributed by atoms with Crippen LogP contribution in [0.3, 0.4) is 0 Å². The Morgan fingerprint density at radius 3 is 2.35 bits per heavy atom. The number of piperazine rings is 1. The molecule has 1 rings (SSSR count). The summed E-state index contributed by atoms with van der Waals surface area (Å²) in [6, 6.07) is 0.383. The first-order valence-electron chi connectivity index (χ1n) is 6.17. The lowest BCUT2D eigenvalue weighted by Crippen LogP contribution is -2.60. The van der Waals surface area contributed by atoms with Crippen molar-refractivity contribution in [3.8, 4) is 0 Å². The Bertz CT molecular complexity index is 246. The number of nitrogens with one attached hydrogen (secondary N) is 2. The molecule has 2 atom stereocenters. The monoisotopic (exact) mass is 242 g/mol. The van der Waals surface area contributed by atoms with E-state index in [1.165, 1.54) is 0 Å². The molecule has 17 heavy (non-hydrogen) atoms. The minimum absolute atomic E-state index is 0.127. The van der Waals surface area contributed by atoms with E-state index in [-0.39, 0.29) is 6.17 Å². The molecule has 1 aliphatic heterocycles. The molecule has 0 amide bonds. The molecular formula is C11H26N6. The molecule has 4 N–H and O–H groups in total. The molecule has 6 nitrogen and oxygen atoms in total. The Balaban J connectivity index is 2.50. The summed E-state index contributed by atoms with van der Waals surface area (Å²) in [4.78, 5) is 8.76. The van der Waals surface area contributed by atoms with Gasteiger partial charge in [0.05, 0.1) is 6.17 Å². The first kappa shape index (κ1) is 14.2. The van der Waals surface area contributed by atoms with Crippen LogP contribution in [-0.2, 0) is 0 Å². The lowest BCUT2D eigenvalue weighted by molar-refractivity contribution is 0.0973. The fourth-order valence-electron chi connectivity index (χ4n) is 2.10. The van der Waals surface area contributed by atoms with E-state index in [0.29, 0.717) is 12.0 Å². The van der Waals surface area contributed by atoms with Gasteiger partial charge in [-0.05, 0) is 21.0 Å². The summed E-state index contributed by atoms with van der Waals surface area (Å²) in [6.45, 7) is 6.65. The van der Waals surface area contributed by atoms with Crippen molar-refractivity contribution in [2.24, 2.45) is 10.7 Å². The van der Waals surface area contributed by atoms with Crippen molar-refractivity contribution >= 4 is 5.96 Å². The van der Waals surface area contributed by atoms with Crippen molar-refractivity contribution in [1.82, 2.24) is 20.4 Å². The summed E-state index contributed by atoms with van der Waals surface area (Å²) in [5, 5.41) is 6.43. The standard InChI is InChI=1S/C11H26N6/c1-9(10(13-2)15-11(12)14-3)17-7-5-16(4)6-8-17/h9-10,13H,5-8H2,1-4H3,(H3,12,14,15)/t9-,10?/m0/s1. The van der Waals surface area contributed by atoms with Gasteiger partial charge in [-0.25, -0.2) is 0 Å². The molecule has 0 aromatic rings. The second kappa shape index (κ2) is 6.78. The molecule has 0 spiro atoms. The number of nitrogens with zero attached hydrogens (tertiary/aromatic N) is 3. The maximum Gasteiger partial charge on any atom is 0.189 e.